The third kappa shape index (κ3) is 7.28. The maximum absolute atomic E-state index is 12.6. The Morgan fingerprint density at radius 2 is 1.86 bits per heavy atom. The van der Waals surface area contributed by atoms with E-state index >= 15 is 0 Å². The summed E-state index contributed by atoms with van der Waals surface area (Å²) < 4.78 is 6.55. The number of hydrogen-bond donors (Lipinski definition) is 3. The highest BCUT2D eigenvalue weighted by atomic mass is 79.9. The number of benzene rings is 2. The van der Waals surface area contributed by atoms with E-state index < -0.39 is 5.91 Å². The molecule has 0 saturated heterocycles. The first kappa shape index (κ1) is 21.8. The van der Waals surface area contributed by atoms with Gasteiger partial charge in [0.2, 0.25) is 5.91 Å². The van der Waals surface area contributed by atoms with Crippen LogP contribution in [0.25, 0.3) is 0 Å². The summed E-state index contributed by atoms with van der Waals surface area (Å²) in [6.07, 6.45) is 1.81. The molecule has 0 fully saturated rings. The first-order chi connectivity index (χ1) is 13.5. The lowest BCUT2D eigenvalue weighted by atomic mass is 10.1. The van der Waals surface area contributed by atoms with Gasteiger partial charge in [-0.2, -0.15) is 0 Å². The number of amides is 2. The summed E-state index contributed by atoms with van der Waals surface area (Å²) in [6, 6.07) is 15.1. The standard InChI is InChI=1S/C20H22BrN3O3S/c1-2-6-18(25)23-24-20(28)22-19(26)16-13-15(21)9-10-17(16)27-12-11-14-7-4-3-5-8-14/h3-5,7-10,13H,2,6,11-12H2,1H3,(H,23,25)(H2,22,24,26,28). The highest BCUT2D eigenvalue weighted by Gasteiger charge is 2.15. The monoisotopic (exact) mass is 463 g/mol. The van der Waals surface area contributed by atoms with Crippen molar-refractivity contribution in [3.8, 4) is 5.75 Å². The van der Waals surface area contributed by atoms with Crippen LogP contribution in [0.15, 0.2) is 53.0 Å². The van der Waals surface area contributed by atoms with Crippen LogP contribution in [0.3, 0.4) is 0 Å². The van der Waals surface area contributed by atoms with Gasteiger partial charge >= 0.3 is 0 Å². The summed E-state index contributed by atoms with van der Waals surface area (Å²) in [5.74, 6) is -0.181. The zero-order valence-electron chi connectivity index (χ0n) is 15.5. The molecule has 0 heterocycles. The van der Waals surface area contributed by atoms with Crippen LogP contribution < -0.4 is 20.9 Å². The molecule has 148 valence electrons. The second-order valence-corrected chi connectivity index (χ2v) is 7.25. The van der Waals surface area contributed by atoms with Crippen molar-refractivity contribution < 1.29 is 14.3 Å². The fourth-order valence-electron chi connectivity index (χ4n) is 2.35. The lowest BCUT2D eigenvalue weighted by Gasteiger charge is -2.14. The minimum absolute atomic E-state index is 0.00432. The van der Waals surface area contributed by atoms with Gasteiger partial charge in [0.1, 0.15) is 5.75 Å². The number of carbonyl (C=O) groups is 2. The van der Waals surface area contributed by atoms with Crippen LogP contribution in [0.4, 0.5) is 0 Å². The van der Waals surface area contributed by atoms with Crippen molar-refractivity contribution in [2.45, 2.75) is 26.2 Å². The molecule has 0 saturated carbocycles. The third-order valence-corrected chi connectivity index (χ3v) is 4.39. The lowest BCUT2D eigenvalue weighted by molar-refractivity contribution is -0.121. The first-order valence-electron chi connectivity index (χ1n) is 8.86. The van der Waals surface area contributed by atoms with E-state index in [1.165, 1.54) is 0 Å². The van der Waals surface area contributed by atoms with E-state index in [9.17, 15) is 9.59 Å². The highest BCUT2D eigenvalue weighted by molar-refractivity contribution is 9.10. The van der Waals surface area contributed by atoms with Crippen LogP contribution in [-0.4, -0.2) is 23.5 Å². The molecule has 2 amide bonds. The molecular formula is C20H22BrN3O3S. The van der Waals surface area contributed by atoms with Crippen molar-refractivity contribution in [3.63, 3.8) is 0 Å². The molecule has 28 heavy (non-hydrogen) atoms. The molecule has 0 aliphatic rings. The molecule has 0 bridgehead atoms. The van der Waals surface area contributed by atoms with Gasteiger partial charge in [-0.1, -0.05) is 53.2 Å². The van der Waals surface area contributed by atoms with Crippen LogP contribution in [-0.2, 0) is 11.2 Å². The molecule has 2 rings (SSSR count). The van der Waals surface area contributed by atoms with E-state index in [1.54, 1.807) is 18.2 Å². The van der Waals surface area contributed by atoms with Gasteiger partial charge in [-0.3, -0.25) is 25.8 Å². The Morgan fingerprint density at radius 1 is 1.11 bits per heavy atom. The average molecular weight is 464 g/mol. The average Bonchev–Trinajstić information content (AvgIpc) is 2.68. The molecule has 8 heteroatoms. The van der Waals surface area contributed by atoms with Crippen LogP contribution in [0, 0.1) is 0 Å². The number of nitrogens with one attached hydrogen (secondary N) is 3. The van der Waals surface area contributed by atoms with E-state index in [0.717, 1.165) is 16.5 Å². The van der Waals surface area contributed by atoms with Crippen LogP contribution in [0.1, 0.15) is 35.7 Å². The third-order valence-electron chi connectivity index (χ3n) is 3.70. The molecule has 2 aromatic carbocycles. The topological polar surface area (TPSA) is 79.5 Å². The molecule has 6 nitrogen and oxygen atoms in total. The second-order valence-electron chi connectivity index (χ2n) is 5.93. The van der Waals surface area contributed by atoms with Gasteiger partial charge in [0.25, 0.3) is 5.91 Å². The molecule has 0 spiro atoms. The number of rotatable bonds is 7. The fourth-order valence-corrected chi connectivity index (χ4v) is 2.85. The van der Waals surface area contributed by atoms with Crippen molar-refractivity contribution >= 4 is 45.1 Å². The Morgan fingerprint density at radius 3 is 2.57 bits per heavy atom. The minimum Gasteiger partial charge on any atom is -0.492 e. The predicted octanol–water partition coefficient (Wildman–Crippen LogP) is 3.51. The van der Waals surface area contributed by atoms with Gasteiger partial charge < -0.3 is 4.74 Å². The number of ether oxygens (including phenoxy) is 1. The van der Waals surface area contributed by atoms with E-state index in [-0.39, 0.29) is 11.0 Å². The summed E-state index contributed by atoms with van der Waals surface area (Å²) in [5, 5.41) is 2.54. The molecule has 0 aliphatic heterocycles. The van der Waals surface area contributed by atoms with Gasteiger partial charge in [0.15, 0.2) is 5.11 Å². The van der Waals surface area contributed by atoms with Gasteiger partial charge in [0, 0.05) is 17.3 Å². The SMILES string of the molecule is CCCC(=O)NNC(=S)NC(=O)c1cc(Br)ccc1OCCc1ccccc1. The van der Waals surface area contributed by atoms with Crippen molar-refractivity contribution in [2.75, 3.05) is 6.61 Å². The Hall–Kier alpha value is -2.45. The maximum atomic E-state index is 12.6. The molecule has 0 aromatic heterocycles. The van der Waals surface area contributed by atoms with Gasteiger partial charge in [-0.25, -0.2) is 0 Å². The van der Waals surface area contributed by atoms with E-state index in [0.29, 0.717) is 30.8 Å². The zero-order chi connectivity index (χ0) is 20.4. The number of hydrogen-bond acceptors (Lipinski definition) is 4. The fraction of sp³-hybridized carbons (Fsp3) is 0.250. The largest absolute Gasteiger partial charge is 0.492 e. The van der Waals surface area contributed by atoms with Crippen LogP contribution in [0.5, 0.6) is 5.75 Å². The molecule has 0 unspecified atom stereocenters. The van der Waals surface area contributed by atoms with Crippen LogP contribution in [0.2, 0.25) is 0 Å². The Balaban J connectivity index is 1.95. The Bertz CT molecular complexity index is 831. The van der Waals surface area contributed by atoms with E-state index in [2.05, 4.69) is 32.1 Å². The number of halogens is 1. The molecule has 2 aromatic rings. The highest BCUT2D eigenvalue weighted by Crippen LogP contribution is 2.23. The summed E-state index contributed by atoms with van der Waals surface area (Å²) in [5.41, 5.74) is 6.44. The van der Waals surface area contributed by atoms with Crippen molar-refractivity contribution in [3.05, 3.63) is 64.1 Å². The minimum atomic E-state index is -0.432. The second kappa shape index (κ2) is 11.4. The van der Waals surface area contributed by atoms with Crippen molar-refractivity contribution in [2.24, 2.45) is 0 Å². The van der Waals surface area contributed by atoms with Crippen LogP contribution >= 0.6 is 28.1 Å². The normalized spacial score (nSPS) is 10.1. The van der Waals surface area contributed by atoms with E-state index in [4.69, 9.17) is 17.0 Å². The van der Waals surface area contributed by atoms with Crippen molar-refractivity contribution in [1.29, 1.82) is 0 Å². The zero-order valence-corrected chi connectivity index (χ0v) is 17.9. The molecular weight excluding hydrogens is 442 g/mol. The van der Waals surface area contributed by atoms with E-state index in [1.807, 2.05) is 37.3 Å². The summed E-state index contributed by atoms with van der Waals surface area (Å²) in [7, 11) is 0. The Labute approximate surface area is 178 Å². The smallest absolute Gasteiger partial charge is 0.261 e. The summed E-state index contributed by atoms with van der Waals surface area (Å²) in [4.78, 5) is 24.0. The van der Waals surface area contributed by atoms with Gasteiger partial charge in [0.05, 0.1) is 12.2 Å². The summed E-state index contributed by atoms with van der Waals surface area (Å²) in [6.45, 7) is 2.33. The molecule has 0 aliphatic carbocycles. The predicted molar refractivity (Wildman–Crippen MR) is 116 cm³/mol. The lowest BCUT2D eigenvalue weighted by Crippen LogP contribution is -2.48. The van der Waals surface area contributed by atoms with Gasteiger partial charge in [-0.05, 0) is 42.4 Å². The number of hydrazine groups is 1. The molecule has 3 N–H and O–H groups in total. The van der Waals surface area contributed by atoms with Gasteiger partial charge in [-0.15, -0.1) is 0 Å². The van der Waals surface area contributed by atoms with Crippen molar-refractivity contribution in [1.82, 2.24) is 16.2 Å². The summed E-state index contributed by atoms with van der Waals surface area (Å²) >= 11 is 8.41. The number of thiocarbonyl (C=S) groups is 1. The quantitative estimate of drug-likeness (QED) is 0.432. The first-order valence-corrected chi connectivity index (χ1v) is 10.1. The molecule has 0 radical (unpaired) electrons. The molecule has 0 atom stereocenters. The maximum Gasteiger partial charge on any atom is 0.261 e. The number of carbonyl (C=O) groups excluding carboxylic acids is 2. The Kier molecular flexibility index (Phi) is 8.90.